The molecule has 0 saturated carbocycles. The average molecular weight is 351 g/mol. The minimum absolute atomic E-state index is 0.335. The summed E-state index contributed by atoms with van der Waals surface area (Å²) in [5, 5.41) is 0. The Kier molecular flexibility index (Phi) is 7.28. The summed E-state index contributed by atoms with van der Waals surface area (Å²) < 4.78 is 28.4. The van der Waals surface area contributed by atoms with Gasteiger partial charge < -0.3 is 29.3 Å². The molecule has 0 bridgehead atoms. The van der Waals surface area contributed by atoms with Crippen molar-refractivity contribution in [3.8, 4) is 5.75 Å². The van der Waals surface area contributed by atoms with Crippen LogP contribution >= 0.6 is 0 Å². The zero-order valence-electron chi connectivity index (χ0n) is 15.7. The van der Waals surface area contributed by atoms with Gasteiger partial charge in [0.05, 0.1) is 37.6 Å². The zero-order chi connectivity index (χ0) is 18.3. The first-order valence-electron chi connectivity index (χ1n) is 8.80. The lowest BCUT2D eigenvalue weighted by atomic mass is 9.79. The molecule has 0 aliphatic carbocycles. The van der Waals surface area contributed by atoms with Gasteiger partial charge in [-0.1, -0.05) is 12.1 Å². The first-order chi connectivity index (χ1) is 11.9. The van der Waals surface area contributed by atoms with Crippen molar-refractivity contribution < 1.29 is 23.5 Å². The summed E-state index contributed by atoms with van der Waals surface area (Å²) in [7, 11) is -0.351. The lowest BCUT2D eigenvalue weighted by Gasteiger charge is -2.32. The van der Waals surface area contributed by atoms with Crippen LogP contribution in [0.1, 0.15) is 27.7 Å². The molecular formula is C18H30BNO5. The third kappa shape index (κ3) is 5.69. The van der Waals surface area contributed by atoms with E-state index in [1.165, 1.54) is 0 Å². The molecule has 2 rings (SSSR count). The highest BCUT2D eigenvalue weighted by molar-refractivity contribution is 6.62. The Hall–Kier alpha value is -1.12. The lowest BCUT2D eigenvalue weighted by molar-refractivity contribution is 0.00578. The lowest BCUT2D eigenvalue weighted by Crippen LogP contribution is -2.41. The van der Waals surface area contributed by atoms with Crippen LogP contribution in [0.3, 0.4) is 0 Å². The van der Waals surface area contributed by atoms with Gasteiger partial charge in [-0.25, -0.2) is 0 Å². The normalized spacial score (nSPS) is 18.5. The Labute approximate surface area is 151 Å². The first-order valence-corrected chi connectivity index (χ1v) is 8.80. The van der Waals surface area contributed by atoms with Gasteiger partial charge in [-0.15, -0.1) is 0 Å². The van der Waals surface area contributed by atoms with Gasteiger partial charge in [-0.2, -0.15) is 0 Å². The van der Waals surface area contributed by atoms with Crippen LogP contribution in [0.15, 0.2) is 24.3 Å². The second kappa shape index (κ2) is 9.01. The van der Waals surface area contributed by atoms with Gasteiger partial charge in [0, 0.05) is 6.54 Å². The third-order valence-corrected chi connectivity index (χ3v) is 4.54. The van der Waals surface area contributed by atoms with Crippen LogP contribution in [0.25, 0.3) is 0 Å². The molecule has 6 nitrogen and oxygen atoms in total. The summed E-state index contributed by atoms with van der Waals surface area (Å²) in [5.74, 6) is 0.795. The monoisotopic (exact) mass is 351 g/mol. The molecule has 0 atom stereocenters. The molecule has 25 heavy (non-hydrogen) atoms. The van der Waals surface area contributed by atoms with E-state index in [0.717, 1.165) is 11.2 Å². The van der Waals surface area contributed by atoms with Crippen molar-refractivity contribution in [2.24, 2.45) is 5.73 Å². The van der Waals surface area contributed by atoms with E-state index in [1.54, 1.807) is 0 Å². The number of ether oxygens (including phenoxy) is 3. The summed E-state index contributed by atoms with van der Waals surface area (Å²) in [6, 6.07) is 7.79. The second-order valence-electron chi connectivity index (χ2n) is 7.02. The van der Waals surface area contributed by atoms with Crippen LogP contribution in [-0.4, -0.2) is 57.9 Å². The maximum absolute atomic E-state index is 6.04. The molecule has 1 aliphatic heterocycles. The number of nitrogens with two attached hydrogens (primary N) is 1. The van der Waals surface area contributed by atoms with Crippen molar-refractivity contribution in [2.45, 2.75) is 38.9 Å². The standard InChI is InChI=1S/C18H30BNO5/c1-17(2)18(3,4)25-19(24-17)15-5-7-16(8-6-15)23-14-13-22-12-11-21-10-9-20/h5-8H,9-14,20H2,1-4H3. The van der Waals surface area contributed by atoms with E-state index in [2.05, 4.69) is 0 Å². The number of rotatable bonds is 10. The van der Waals surface area contributed by atoms with Crippen LogP contribution in [0.4, 0.5) is 0 Å². The Bertz CT molecular complexity index is 505. The molecule has 1 aliphatic rings. The fourth-order valence-corrected chi connectivity index (χ4v) is 2.32. The third-order valence-electron chi connectivity index (χ3n) is 4.54. The fourth-order valence-electron chi connectivity index (χ4n) is 2.32. The van der Waals surface area contributed by atoms with Crippen LogP contribution in [0, 0.1) is 0 Å². The van der Waals surface area contributed by atoms with Crippen molar-refractivity contribution in [3.63, 3.8) is 0 Å². The van der Waals surface area contributed by atoms with Gasteiger partial charge in [0.1, 0.15) is 12.4 Å². The van der Waals surface area contributed by atoms with Crippen LogP contribution < -0.4 is 15.9 Å². The summed E-state index contributed by atoms with van der Waals surface area (Å²) in [5.41, 5.74) is 5.65. The molecule has 2 N–H and O–H groups in total. The average Bonchev–Trinajstić information content (AvgIpc) is 2.78. The van der Waals surface area contributed by atoms with Crippen molar-refractivity contribution in [3.05, 3.63) is 24.3 Å². The molecule has 0 radical (unpaired) electrons. The maximum Gasteiger partial charge on any atom is 0.494 e. The van der Waals surface area contributed by atoms with Gasteiger partial charge in [-0.3, -0.25) is 0 Å². The van der Waals surface area contributed by atoms with Crippen LogP contribution in [-0.2, 0) is 18.8 Å². The minimum Gasteiger partial charge on any atom is -0.491 e. The van der Waals surface area contributed by atoms with Gasteiger partial charge in [0.2, 0.25) is 0 Å². The van der Waals surface area contributed by atoms with Gasteiger partial charge in [-0.05, 0) is 45.3 Å². The summed E-state index contributed by atoms with van der Waals surface area (Å²) in [6.45, 7) is 11.4. The largest absolute Gasteiger partial charge is 0.494 e. The molecule has 1 aromatic carbocycles. The fraction of sp³-hybridized carbons (Fsp3) is 0.667. The molecule has 1 saturated heterocycles. The molecule has 0 unspecified atom stereocenters. The zero-order valence-corrected chi connectivity index (χ0v) is 15.7. The highest BCUT2D eigenvalue weighted by Gasteiger charge is 2.51. The van der Waals surface area contributed by atoms with E-state index < -0.39 is 0 Å². The van der Waals surface area contributed by atoms with Crippen LogP contribution in [0.2, 0.25) is 0 Å². The van der Waals surface area contributed by atoms with Gasteiger partial charge in [0.15, 0.2) is 0 Å². The molecule has 0 amide bonds. The van der Waals surface area contributed by atoms with Crippen molar-refractivity contribution in [1.29, 1.82) is 0 Å². The van der Waals surface area contributed by atoms with Gasteiger partial charge in [0.25, 0.3) is 0 Å². The Morgan fingerprint density at radius 1 is 0.840 bits per heavy atom. The van der Waals surface area contributed by atoms with Crippen molar-refractivity contribution in [2.75, 3.05) is 39.6 Å². The smallest absolute Gasteiger partial charge is 0.491 e. The molecule has 0 aromatic heterocycles. The number of hydrogen-bond donors (Lipinski definition) is 1. The van der Waals surface area contributed by atoms with E-state index in [9.17, 15) is 0 Å². The highest BCUT2D eigenvalue weighted by atomic mass is 16.7. The first kappa shape index (κ1) is 20.2. The molecule has 0 spiro atoms. The Morgan fingerprint density at radius 2 is 1.36 bits per heavy atom. The Morgan fingerprint density at radius 3 is 1.92 bits per heavy atom. The van der Waals surface area contributed by atoms with Crippen molar-refractivity contribution >= 4 is 12.6 Å². The second-order valence-corrected chi connectivity index (χ2v) is 7.02. The van der Waals surface area contributed by atoms with E-state index in [4.69, 9.17) is 29.3 Å². The predicted octanol–water partition coefficient (Wildman–Crippen LogP) is 1.36. The van der Waals surface area contributed by atoms with E-state index in [-0.39, 0.29) is 18.3 Å². The van der Waals surface area contributed by atoms with Gasteiger partial charge >= 0.3 is 7.12 Å². The topological polar surface area (TPSA) is 72.2 Å². The molecule has 1 fully saturated rings. The maximum atomic E-state index is 6.04. The molecule has 140 valence electrons. The van der Waals surface area contributed by atoms with Crippen molar-refractivity contribution in [1.82, 2.24) is 0 Å². The van der Waals surface area contributed by atoms with Crippen LogP contribution in [0.5, 0.6) is 5.75 Å². The Balaban J connectivity index is 1.70. The number of benzene rings is 1. The summed E-state index contributed by atoms with van der Waals surface area (Å²) in [4.78, 5) is 0. The minimum atomic E-state index is -0.351. The SMILES string of the molecule is CC1(C)OB(c2ccc(OCCOCCOCCN)cc2)OC1(C)C. The molecule has 1 aromatic rings. The van der Waals surface area contributed by atoms with E-state index in [1.807, 2.05) is 52.0 Å². The quantitative estimate of drug-likeness (QED) is 0.507. The molecular weight excluding hydrogens is 321 g/mol. The summed E-state index contributed by atoms with van der Waals surface area (Å²) in [6.07, 6.45) is 0. The molecule has 7 heteroatoms. The number of hydrogen-bond acceptors (Lipinski definition) is 6. The van der Waals surface area contributed by atoms with E-state index in [0.29, 0.717) is 39.6 Å². The van der Waals surface area contributed by atoms with E-state index >= 15 is 0 Å². The molecule has 1 heterocycles. The highest BCUT2D eigenvalue weighted by Crippen LogP contribution is 2.36. The predicted molar refractivity (Wildman–Crippen MR) is 98.3 cm³/mol. The summed E-state index contributed by atoms with van der Waals surface area (Å²) >= 11 is 0.